The summed E-state index contributed by atoms with van der Waals surface area (Å²) in [6.45, 7) is 6.32. The van der Waals surface area contributed by atoms with Gasteiger partial charge in [0, 0.05) is 12.0 Å². The molecule has 0 spiro atoms. The summed E-state index contributed by atoms with van der Waals surface area (Å²) in [4.78, 5) is 10.9. The Hall–Kier alpha value is -1.46. The van der Waals surface area contributed by atoms with E-state index in [1.807, 2.05) is 6.92 Å². The smallest absolute Gasteiger partial charge is 0.135 e. The van der Waals surface area contributed by atoms with Crippen LogP contribution in [0.15, 0.2) is 5.29 Å². The average Bonchev–Trinajstić information content (AvgIpc) is 2.87. The highest BCUT2D eigenvalue weighted by Crippen LogP contribution is 2.41. The zero-order chi connectivity index (χ0) is 13.6. The molecule has 0 aliphatic carbocycles. The molecule has 6 nitrogen and oxygen atoms in total. The van der Waals surface area contributed by atoms with Crippen LogP contribution in [0, 0.1) is 11.8 Å². The maximum absolute atomic E-state index is 10.9. The van der Waals surface area contributed by atoms with Crippen molar-refractivity contribution < 1.29 is 0 Å². The highest BCUT2D eigenvalue weighted by Gasteiger charge is 2.42. The summed E-state index contributed by atoms with van der Waals surface area (Å²) in [5, 5.41) is 13.5. The van der Waals surface area contributed by atoms with Crippen molar-refractivity contribution >= 4 is 0 Å². The second kappa shape index (κ2) is 4.58. The van der Waals surface area contributed by atoms with Gasteiger partial charge >= 0.3 is 0 Å². The summed E-state index contributed by atoms with van der Waals surface area (Å²) in [5.41, 5.74) is 0. The quantitative estimate of drug-likeness (QED) is 0.786. The number of hydrogen-bond acceptors (Lipinski definition) is 4. The lowest BCUT2D eigenvalue weighted by atomic mass is 9.98. The van der Waals surface area contributed by atoms with Crippen molar-refractivity contribution in [3.05, 3.63) is 16.6 Å². The van der Waals surface area contributed by atoms with Crippen molar-refractivity contribution in [3.63, 3.8) is 0 Å². The van der Waals surface area contributed by atoms with E-state index in [0.29, 0.717) is 24.0 Å². The molecule has 3 rings (SSSR count). The largest absolute Gasteiger partial charge is 0.312 e. The zero-order valence-electron chi connectivity index (χ0n) is 11.8. The third-order valence-corrected chi connectivity index (χ3v) is 4.54. The lowest BCUT2D eigenvalue weighted by Crippen LogP contribution is -2.40. The summed E-state index contributed by atoms with van der Waals surface area (Å²) < 4.78 is 2.29. The van der Waals surface area contributed by atoms with Gasteiger partial charge in [-0.15, -0.1) is 15.1 Å². The second-order valence-corrected chi connectivity index (χ2v) is 6.10. The van der Waals surface area contributed by atoms with Crippen LogP contribution < -0.4 is 0 Å². The minimum atomic E-state index is 0.308. The molecule has 1 unspecified atom stereocenters. The maximum atomic E-state index is 10.9. The highest BCUT2D eigenvalue weighted by molar-refractivity contribution is 5.05. The second-order valence-electron chi connectivity index (χ2n) is 6.10. The van der Waals surface area contributed by atoms with Crippen LogP contribution in [0.2, 0.25) is 0 Å². The Bertz CT molecular complexity index is 469. The van der Waals surface area contributed by atoms with Gasteiger partial charge in [0.05, 0.1) is 17.4 Å². The van der Waals surface area contributed by atoms with Gasteiger partial charge in [0.1, 0.15) is 11.6 Å². The molecule has 2 fully saturated rings. The van der Waals surface area contributed by atoms with Gasteiger partial charge in [-0.3, -0.25) is 5.01 Å². The van der Waals surface area contributed by atoms with E-state index in [1.165, 1.54) is 0 Å². The molecule has 6 heteroatoms. The minimum Gasteiger partial charge on any atom is -0.312 e. The van der Waals surface area contributed by atoms with Crippen molar-refractivity contribution in [1.82, 2.24) is 19.8 Å². The van der Waals surface area contributed by atoms with E-state index in [1.54, 1.807) is 5.01 Å². The molecule has 1 aromatic rings. The van der Waals surface area contributed by atoms with Crippen molar-refractivity contribution in [2.75, 3.05) is 0 Å². The van der Waals surface area contributed by atoms with Crippen LogP contribution in [0.1, 0.15) is 63.1 Å². The number of fused-ring (bicyclic) bond motifs is 2. The predicted molar refractivity (Wildman–Crippen MR) is 71.6 cm³/mol. The first-order valence-corrected chi connectivity index (χ1v) is 7.14. The van der Waals surface area contributed by atoms with Crippen molar-refractivity contribution in [3.8, 4) is 0 Å². The molecule has 19 heavy (non-hydrogen) atoms. The SMILES string of the molecule is Cc1nnc(C(C)C)n1C1C[C@H]2CC[C@@H](C1)N2N=O. The van der Waals surface area contributed by atoms with E-state index in [0.717, 1.165) is 37.3 Å². The number of piperidine rings is 1. The van der Waals surface area contributed by atoms with Crippen molar-refractivity contribution in [1.29, 1.82) is 0 Å². The van der Waals surface area contributed by atoms with E-state index < -0.39 is 0 Å². The number of nitroso groups, excluding NO2 is 1. The molecule has 2 aliphatic rings. The van der Waals surface area contributed by atoms with Gasteiger partial charge in [-0.1, -0.05) is 13.8 Å². The lowest BCUT2D eigenvalue weighted by molar-refractivity contribution is 0.107. The molecule has 1 aromatic heterocycles. The molecule has 0 radical (unpaired) electrons. The fraction of sp³-hybridized carbons (Fsp3) is 0.846. The van der Waals surface area contributed by atoms with E-state index >= 15 is 0 Å². The summed E-state index contributed by atoms with van der Waals surface area (Å²) in [5.74, 6) is 2.43. The molecular formula is C13H21N5O. The van der Waals surface area contributed by atoms with Crippen LogP contribution >= 0.6 is 0 Å². The van der Waals surface area contributed by atoms with Crippen LogP contribution in [-0.2, 0) is 0 Å². The number of rotatable bonds is 3. The molecule has 0 amide bonds. The Morgan fingerprint density at radius 2 is 1.79 bits per heavy atom. The lowest BCUT2D eigenvalue weighted by Gasteiger charge is -2.36. The molecule has 0 aromatic carbocycles. The van der Waals surface area contributed by atoms with Gasteiger partial charge in [0.25, 0.3) is 0 Å². The van der Waals surface area contributed by atoms with Gasteiger partial charge < -0.3 is 4.57 Å². The third-order valence-electron chi connectivity index (χ3n) is 4.54. The summed E-state index contributed by atoms with van der Waals surface area (Å²) in [6.07, 6.45) is 4.15. The van der Waals surface area contributed by atoms with Crippen LogP contribution in [0.25, 0.3) is 0 Å². The molecule has 104 valence electrons. The monoisotopic (exact) mass is 263 g/mol. The van der Waals surface area contributed by atoms with Gasteiger partial charge in [0.15, 0.2) is 0 Å². The molecule has 2 saturated heterocycles. The van der Waals surface area contributed by atoms with E-state index in [4.69, 9.17) is 0 Å². The first kappa shape index (κ1) is 12.6. The normalized spacial score (nSPS) is 30.1. The number of aromatic nitrogens is 3. The van der Waals surface area contributed by atoms with Crippen LogP contribution in [0.3, 0.4) is 0 Å². The van der Waals surface area contributed by atoms with Gasteiger partial charge in [-0.25, -0.2) is 0 Å². The molecule has 2 bridgehead atoms. The van der Waals surface area contributed by atoms with Gasteiger partial charge in [-0.05, 0) is 32.6 Å². The van der Waals surface area contributed by atoms with Crippen LogP contribution in [-0.4, -0.2) is 31.9 Å². The fourth-order valence-electron chi connectivity index (χ4n) is 3.70. The van der Waals surface area contributed by atoms with Gasteiger partial charge in [0.2, 0.25) is 0 Å². The standard InChI is InChI=1S/C13H21N5O/c1-8(2)13-15-14-9(3)17(13)12-6-10-4-5-11(7-12)18(10)16-19/h8,10-12H,4-7H2,1-3H3/t10-,11+,12?. The number of aryl methyl sites for hydroxylation is 1. The van der Waals surface area contributed by atoms with E-state index in [-0.39, 0.29) is 0 Å². The molecule has 3 atom stereocenters. The zero-order valence-corrected chi connectivity index (χ0v) is 11.8. The number of hydrogen-bond donors (Lipinski definition) is 0. The van der Waals surface area contributed by atoms with Crippen molar-refractivity contribution in [2.45, 2.75) is 70.5 Å². The fourth-order valence-corrected chi connectivity index (χ4v) is 3.70. The molecule has 0 saturated carbocycles. The first-order chi connectivity index (χ1) is 9.11. The summed E-state index contributed by atoms with van der Waals surface area (Å²) in [6, 6.07) is 1.04. The van der Waals surface area contributed by atoms with Crippen LogP contribution in [0.4, 0.5) is 0 Å². The Morgan fingerprint density at radius 1 is 1.16 bits per heavy atom. The van der Waals surface area contributed by atoms with Gasteiger partial charge in [-0.2, -0.15) is 0 Å². The minimum absolute atomic E-state index is 0.308. The molecular weight excluding hydrogens is 242 g/mol. The predicted octanol–water partition coefficient (Wildman–Crippen LogP) is 2.56. The third kappa shape index (κ3) is 1.93. The Kier molecular flexibility index (Phi) is 3.03. The Morgan fingerprint density at radius 3 is 2.32 bits per heavy atom. The first-order valence-electron chi connectivity index (χ1n) is 7.14. The summed E-state index contributed by atoms with van der Waals surface area (Å²) >= 11 is 0. The topological polar surface area (TPSA) is 63.4 Å². The molecule has 0 N–H and O–H groups in total. The van der Waals surface area contributed by atoms with Crippen molar-refractivity contribution in [2.24, 2.45) is 5.29 Å². The summed E-state index contributed by atoms with van der Waals surface area (Å²) in [7, 11) is 0. The van der Waals surface area contributed by atoms with E-state index in [9.17, 15) is 4.91 Å². The average molecular weight is 263 g/mol. The Labute approximate surface area is 113 Å². The highest BCUT2D eigenvalue weighted by atomic mass is 16.3. The van der Waals surface area contributed by atoms with Crippen LogP contribution in [0.5, 0.6) is 0 Å². The molecule has 2 aliphatic heterocycles. The number of nitrogens with zero attached hydrogens (tertiary/aromatic N) is 5. The Balaban J connectivity index is 1.89. The molecule has 3 heterocycles. The maximum Gasteiger partial charge on any atom is 0.135 e. The van der Waals surface area contributed by atoms with E-state index in [2.05, 4.69) is 33.9 Å².